The normalized spacial score (nSPS) is 29.6. The van der Waals surface area contributed by atoms with Crippen molar-refractivity contribution in [2.45, 2.75) is 81.5 Å². The summed E-state index contributed by atoms with van der Waals surface area (Å²) >= 11 is 0. The van der Waals surface area contributed by atoms with Crippen LogP contribution in [0.15, 0.2) is 54.6 Å². The van der Waals surface area contributed by atoms with Gasteiger partial charge in [0.15, 0.2) is 5.78 Å². The molecular formula is C37H47N5O7. The molecule has 1 aliphatic heterocycles. The molecule has 3 amide bonds. The van der Waals surface area contributed by atoms with E-state index in [1.165, 1.54) is 24.1 Å². The van der Waals surface area contributed by atoms with Crippen LogP contribution in [0.1, 0.15) is 56.1 Å². The van der Waals surface area contributed by atoms with Gasteiger partial charge in [0, 0.05) is 12.1 Å². The van der Waals surface area contributed by atoms with Crippen LogP contribution >= 0.6 is 0 Å². The number of benzene rings is 2. The summed E-state index contributed by atoms with van der Waals surface area (Å²) in [5.41, 5.74) is 13.0. The predicted octanol–water partition coefficient (Wildman–Crippen LogP) is 1.36. The molecule has 49 heavy (non-hydrogen) atoms. The molecule has 4 aliphatic carbocycles. The Morgan fingerprint density at radius 2 is 1.61 bits per heavy atom. The number of likely N-dealkylation sites (tertiary alicyclic amines) is 1. The first-order chi connectivity index (χ1) is 23.4. The minimum atomic E-state index is -1.03. The van der Waals surface area contributed by atoms with E-state index in [9.17, 15) is 29.1 Å². The highest BCUT2D eigenvalue weighted by atomic mass is 16.5. The largest absolute Gasteiger partial charge is 0.508 e. The van der Waals surface area contributed by atoms with Crippen molar-refractivity contribution in [2.75, 3.05) is 20.2 Å². The standard InChI is InChI=1S/C37H47N5O7/c1-49-35(48)36-17-24-14-25(18-36)20-37(39,19-24)32(36)31(45)28(16-22-6-3-2-4-7-22)41-30(44)21-40-33(46)29-8-5-13-42(29)34(47)27(38)15-23-9-11-26(43)12-10-23/h2-4,6-7,9-12,24-25,27-29,32,43H,5,8,13-21,38-39H2,1H3,(H,40,46)(H,41,44)/t24?,25?,27-,28-,29-,32?,36?,37?/m0/s1. The van der Waals surface area contributed by atoms with Crippen molar-refractivity contribution in [2.24, 2.45) is 34.6 Å². The van der Waals surface area contributed by atoms with Crippen LogP contribution in [0, 0.1) is 23.2 Å². The molecule has 2 aromatic rings. The number of rotatable bonds is 12. The first-order valence-electron chi connectivity index (χ1n) is 17.3. The summed E-state index contributed by atoms with van der Waals surface area (Å²) in [7, 11) is 1.35. The summed E-state index contributed by atoms with van der Waals surface area (Å²) < 4.78 is 5.30. The number of ketones is 1. The van der Waals surface area contributed by atoms with Gasteiger partial charge < -0.3 is 36.8 Å². The molecule has 0 aromatic heterocycles. The Labute approximate surface area is 286 Å². The van der Waals surface area contributed by atoms with Gasteiger partial charge in [0.05, 0.1) is 37.1 Å². The second-order valence-electron chi connectivity index (χ2n) is 14.7. The van der Waals surface area contributed by atoms with E-state index in [1.807, 2.05) is 30.3 Å². The summed E-state index contributed by atoms with van der Waals surface area (Å²) in [6.07, 6.45) is 4.86. The zero-order chi connectivity index (χ0) is 34.9. The number of ether oxygens (including phenoxy) is 1. The molecule has 2 aromatic carbocycles. The highest BCUT2D eigenvalue weighted by Crippen LogP contribution is 2.64. The highest BCUT2D eigenvalue weighted by molar-refractivity contribution is 5.98. The maximum atomic E-state index is 14.6. The van der Waals surface area contributed by atoms with Gasteiger partial charge in [-0.1, -0.05) is 42.5 Å². The van der Waals surface area contributed by atoms with Crippen molar-refractivity contribution in [1.82, 2.24) is 15.5 Å². The minimum Gasteiger partial charge on any atom is -0.508 e. The third-order valence-electron chi connectivity index (χ3n) is 11.2. The maximum absolute atomic E-state index is 14.6. The van der Waals surface area contributed by atoms with Gasteiger partial charge in [-0.3, -0.25) is 24.0 Å². The average molecular weight is 674 g/mol. The molecule has 0 spiro atoms. The molecule has 12 heteroatoms. The molecule has 1 heterocycles. The quantitative estimate of drug-likeness (QED) is 0.207. The van der Waals surface area contributed by atoms with Gasteiger partial charge in [-0.15, -0.1) is 0 Å². The van der Waals surface area contributed by atoms with Crippen molar-refractivity contribution in [3.8, 4) is 5.75 Å². The first kappa shape index (κ1) is 34.6. The molecule has 1 saturated heterocycles. The number of hydrogen-bond acceptors (Lipinski definition) is 9. The van der Waals surface area contributed by atoms with Crippen molar-refractivity contribution in [3.63, 3.8) is 0 Å². The van der Waals surface area contributed by atoms with Gasteiger partial charge in [-0.25, -0.2) is 0 Å². The average Bonchev–Trinajstić information content (AvgIpc) is 3.57. The number of aromatic hydroxyl groups is 1. The predicted molar refractivity (Wildman–Crippen MR) is 180 cm³/mol. The van der Waals surface area contributed by atoms with E-state index in [1.54, 1.807) is 12.1 Å². The summed E-state index contributed by atoms with van der Waals surface area (Å²) in [5, 5.41) is 15.1. The van der Waals surface area contributed by atoms with Crippen LogP contribution in [0.2, 0.25) is 0 Å². The van der Waals surface area contributed by atoms with Crippen LogP contribution in [0.25, 0.3) is 0 Å². The summed E-state index contributed by atoms with van der Waals surface area (Å²) in [6, 6.07) is 13.1. The number of esters is 1. The van der Waals surface area contributed by atoms with Gasteiger partial charge in [0.25, 0.3) is 0 Å². The SMILES string of the molecule is COC(=O)C12CC3CC(CC(N)(C3)C1C(=O)[C@H](Cc1ccccc1)NC(=O)CNC(=O)[C@@H]1CCCN1C(=O)[C@@H](N)Cc1ccc(O)cc1)C2. The molecule has 262 valence electrons. The van der Waals surface area contributed by atoms with Crippen LogP contribution in [-0.2, 0) is 41.6 Å². The topological polar surface area (TPSA) is 194 Å². The first-order valence-corrected chi connectivity index (χ1v) is 17.3. The van der Waals surface area contributed by atoms with E-state index in [2.05, 4.69) is 10.6 Å². The van der Waals surface area contributed by atoms with E-state index in [0.29, 0.717) is 45.1 Å². The van der Waals surface area contributed by atoms with Crippen LogP contribution < -0.4 is 22.1 Å². The fourth-order valence-corrected chi connectivity index (χ4v) is 9.58. The Morgan fingerprint density at radius 3 is 2.27 bits per heavy atom. The van der Waals surface area contributed by atoms with Gasteiger partial charge in [0.2, 0.25) is 17.7 Å². The maximum Gasteiger partial charge on any atom is 0.312 e. The monoisotopic (exact) mass is 673 g/mol. The number of nitrogens with one attached hydrogen (secondary N) is 2. The molecule has 5 aliphatic rings. The Bertz CT molecular complexity index is 1570. The van der Waals surface area contributed by atoms with Gasteiger partial charge in [-0.05, 0) is 92.9 Å². The lowest BCUT2D eigenvalue weighted by atomic mass is 9.41. The molecule has 7 N–H and O–H groups in total. The van der Waals surface area contributed by atoms with Crippen molar-refractivity contribution in [1.29, 1.82) is 0 Å². The number of Topliss-reactive ketones (excluding diaryl/α,β-unsaturated/α-hetero) is 1. The van der Waals surface area contributed by atoms with E-state index >= 15 is 0 Å². The third-order valence-corrected chi connectivity index (χ3v) is 11.2. The number of hydrogen-bond donors (Lipinski definition) is 5. The zero-order valence-electron chi connectivity index (χ0n) is 27.9. The van der Waals surface area contributed by atoms with Crippen molar-refractivity contribution >= 4 is 29.5 Å². The van der Waals surface area contributed by atoms with Gasteiger partial charge in [0.1, 0.15) is 11.8 Å². The van der Waals surface area contributed by atoms with Crippen molar-refractivity contribution < 1.29 is 33.8 Å². The van der Waals surface area contributed by atoms with Crippen LogP contribution in [0.5, 0.6) is 5.75 Å². The molecule has 3 unspecified atom stereocenters. The van der Waals surface area contributed by atoms with Crippen molar-refractivity contribution in [3.05, 3.63) is 65.7 Å². The second kappa shape index (κ2) is 13.9. The van der Waals surface area contributed by atoms with Crippen LogP contribution in [-0.4, -0.2) is 83.3 Å². The van der Waals surface area contributed by atoms with E-state index < -0.39 is 59.3 Å². The second-order valence-corrected chi connectivity index (χ2v) is 14.7. The lowest BCUT2D eigenvalue weighted by molar-refractivity contribution is -0.188. The molecule has 7 rings (SSSR count). The molecule has 5 fully saturated rings. The number of phenols is 1. The fourth-order valence-electron chi connectivity index (χ4n) is 9.58. The smallest absolute Gasteiger partial charge is 0.312 e. The fraction of sp³-hybridized carbons (Fsp3) is 0.541. The molecule has 4 saturated carbocycles. The number of carbonyl (C=O) groups excluding carboxylic acids is 5. The summed E-state index contributed by atoms with van der Waals surface area (Å²) in [5.74, 6) is -2.30. The lowest BCUT2D eigenvalue weighted by Crippen LogP contribution is -2.72. The third kappa shape index (κ3) is 6.94. The lowest BCUT2D eigenvalue weighted by Gasteiger charge is -2.63. The Balaban J connectivity index is 1.13. The Hall–Kier alpha value is -4.29. The number of nitrogens with two attached hydrogens (primary N) is 2. The zero-order valence-corrected chi connectivity index (χ0v) is 27.9. The minimum absolute atomic E-state index is 0.112. The van der Waals surface area contributed by atoms with Crippen LogP contribution in [0.4, 0.5) is 0 Å². The van der Waals surface area contributed by atoms with Crippen LogP contribution in [0.3, 0.4) is 0 Å². The van der Waals surface area contributed by atoms with E-state index in [4.69, 9.17) is 16.2 Å². The molecule has 12 nitrogen and oxygen atoms in total. The number of nitrogens with zero attached hydrogens (tertiary/aromatic N) is 1. The molecular weight excluding hydrogens is 626 g/mol. The number of amides is 3. The molecule has 6 atom stereocenters. The molecule has 4 bridgehead atoms. The molecule has 0 radical (unpaired) electrons. The van der Waals surface area contributed by atoms with E-state index in [0.717, 1.165) is 17.5 Å². The highest BCUT2D eigenvalue weighted by Gasteiger charge is 2.68. The summed E-state index contributed by atoms with van der Waals surface area (Å²) in [6.45, 7) is -0.0356. The van der Waals surface area contributed by atoms with Gasteiger partial charge in [-0.2, -0.15) is 0 Å². The van der Waals surface area contributed by atoms with E-state index in [-0.39, 0.29) is 42.1 Å². The number of carbonyl (C=O) groups is 5. The van der Waals surface area contributed by atoms with Gasteiger partial charge >= 0.3 is 5.97 Å². The number of methoxy groups -OCH3 is 1. The summed E-state index contributed by atoms with van der Waals surface area (Å²) in [4.78, 5) is 69.5. The Kier molecular flexibility index (Phi) is 9.81. The number of phenolic OH excluding ortho intramolecular Hbond substituents is 1. The Morgan fingerprint density at radius 1 is 0.959 bits per heavy atom.